The van der Waals surface area contributed by atoms with Crippen LogP contribution in [0.5, 0.6) is 5.75 Å². The molecule has 0 bridgehead atoms. The summed E-state index contributed by atoms with van der Waals surface area (Å²) in [5, 5.41) is 2.90. The Hall–Kier alpha value is -3.07. The van der Waals surface area contributed by atoms with Crippen molar-refractivity contribution in [1.29, 1.82) is 0 Å². The lowest BCUT2D eigenvalue weighted by atomic mass is 10.1. The van der Waals surface area contributed by atoms with E-state index in [-0.39, 0.29) is 18.5 Å². The number of carbonyl (C=O) groups is 2. The highest BCUT2D eigenvalue weighted by Gasteiger charge is 2.30. The number of para-hydroxylation sites is 1. The minimum atomic E-state index is -3.73. The SMILES string of the molecule is CC[C@@H](C)NC(=O)[C@H](C)N(Cc1ccc(OC)cc1)C(=O)CN(c1ccccc1)S(C)(=O)=O. The van der Waals surface area contributed by atoms with Crippen LogP contribution in [0.2, 0.25) is 0 Å². The molecule has 180 valence electrons. The molecule has 0 aliphatic rings. The van der Waals surface area contributed by atoms with Crippen LogP contribution < -0.4 is 14.4 Å². The highest BCUT2D eigenvalue weighted by molar-refractivity contribution is 7.92. The third-order valence-electron chi connectivity index (χ3n) is 5.40. The first-order valence-electron chi connectivity index (χ1n) is 10.8. The lowest BCUT2D eigenvalue weighted by Gasteiger charge is -2.32. The van der Waals surface area contributed by atoms with Crippen molar-refractivity contribution in [3.05, 3.63) is 60.2 Å². The molecule has 0 aliphatic heterocycles. The fourth-order valence-corrected chi connectivity index (χ4v) is 4.03. The summed E-state index contributed by atoms with van der Waals surface area (Å²) in [5.41, 5.74) is 1.17. The zero-order valence-corrected chi connectivity index (χ0v) is 20.6. The quantitative estimate of drug-likeness (QED) is 0.539. The number of hydrogen-bond donors (Lipinski definition) is 1. The second-order valence-electron chi connectivity index (χ2n) is 7.97. The van der Waals surface area contributed by atoms with E-state index < -0.39 is 28.5 Å². The van der Waals surface area contributed by atoms with Gasteiger partial charge in [0.1, 0.15) is 18.3 Å². The van der Waals surface area contributed by atoms with Gasteiger partial charge in [-0.05, 0) is 50.1 Å². The first kappa shape index (κ1) is 26.2. The Kier molecular flexibility index (Phi) is 9.28. The fourth-order valence-electron chi connectivity index (χ4n) is 3.18. The Labute approximate surface area is 196 Å². The third-order valence-corrected chi connectivity index (χ3v) is 6.54. The molecule has 2 aromatic carbocycles. The number of methoxy groups -OCH3 is 1. The molecular weight excluding hydrogens is 442 g/mol. The molecule has 0 spiro atoms. The number of carbonyl (C=O) groups excluding carboxylic acids is 2. The Morgan fingerprint density at radius 2 is 1.64 bits per heavy atom. The van der Waals surface area contributed by atoms with E-state index >= 15 is 0 Å². The first-order valence-corrected chi connectivity index (χ1v) is 12.7. The molecule has 2 atom stereocenters. The highest BCUT2D eigenvalue weighted by Crippen LogP contribution is 2.19. The number of rotatable bonds is 11. The van der Waals surface area contributed by atoms with E-state index in [1.807, 2.05) is 26.0 Å². The second-order valence-corrected chi connectivity index (χ2v) is 9.88. The van der Waals surface area contributed by atoms with Gasteiger partial charge in [0.2, 0.25) is 21.8 Å². The van der Waals surface area contributed by atoms with Crippen LogP contribution in [0.25, 0.3) is 0 Å². The smallest absolute Gasteiger partial charge is 0.244 e. The van der Waals surface area contributed by atoms with Crippen LogP contribution in [-0.2, 0) is 26.2 Å². The number of anilines is 1. The predicted molar refractivity (Wildman–Crippen MR) is 130 cm³/mol. The van der Waals surface area contributed by atoms with Gasteiger partial charge in [0.25, 0.3) is 0 Å². The Balaban J connectivity index is 2.35. The van der Waals surface area contributed by atoms with Crippen molar-refractivity contribution >= 4 is 27.5 Å². The Bertz CT molecular complexity index is 1030. The van der Waals surface area contributed by atoms with E-state index in [4.69, 9.17) is 4.74 Å². The normalized spacial score (nSPS) is 13.0. The summed E-state index contributed by atoms with van der Waals surface area (Å²) in [6.45, 7) is 5.22. The topological polar surface area (TPSA) is 96.0 Å². The van der Waals surface area contributed by atoms with Crippen LogP contribution in [0.1, 0.15) is 32.8 Å². The Morgan fingerprint density at radius 1 is 1.03 bits per heavy atom. The third kappa shape index (κ3) is 7.49. The van der Waals surface area contributed by atoms with Gasteiger partial charge in [0.15, 0.2) is 0 Å². The summed E-state index contributed by atoms with van der Waals surface area (Å²) in [7, 11) is -2.16. The maximum absolute atomic E-state index is 13.4. The van der Waals surface area contributed by atoms with E-state index in [0.717, 1.165) is 22.5 Å². The molecule has 33 heavy (non-hydrogen) atoms. The number of nitrogens with one attached hydrogen (secondary N) is 1. The second kappa shape index (κ2) is 11.7. The van der Waals surface area contributed by atoms with Crippen molar-refractivity contribution in [3.63, 3.8) is 0 Å². The van der Waals surface area contributed by atoms with Gasteiger partial charge in [-0.15, -0.1) is 0 Å². The zero-order chi connectivity index (χ0) is 24.6. The Morgan fingerprint density at radius 3 is 2.15 bits per heavy atom. The van der Waals surface area contributed by atoms with Crippen LogP contribution in [0, 0.1) is 0 Å². The highest BCUT2D eigenvalue weighted by atomic mass is 32.2. The van der Waals surface area contributed by atoms with E-state index in [2.05, 4.69) is 5.32 Å². The van der Waals surface area contributed by atoms with Crippen LogP contribution >= 0.6 is 0 Å². The maximum atomic E-state index is 13.4. The number of amides is 2. The van der Waals surface area contributed by atoms with Gasteiger partial charge in [-0.2, -0.15) is 0 Å². The summed E-state index contributed by atoms with van der Waals surface area (Å²) in [6, 6.07) is 14.7. The molecule has 0 heterocycles. The van der Waals surface area contributed by atoms with Gasteiger partial charge < -0.3 is 15.0 Å². The lowest BCUT2D eigenvalue weighted by Crippen LogP contribution is -2.52. The zero-order valence-electron chi connectivity index (χ0n) is 19.8. The molecule has 0 radical (unpaired) electrons. The molecule has 0 saturated heterocycles. The standard InChI is InChI=1S/C24H33N3O5S/c1-6-18(2)25-24(29)19(3)26(16-20-12-14-22(32-4)15-13-20)23(28)17-27(33(5,30)31)21-10-8-7-9-11-21/h7-15,18-19H,6,16-17H2,1-5H3,(H,25,29)/t18-,19+/m1/s1. The summed E-state index contributed by atoms with van der Waals surface area (Å²) >= 11 is 0. The van der Waals surface area contributed by atoms with Gasteiger partial charge >= 0.3 is 0 Å². The molecule has 0 aliphatic carbocycles. The molecule has 0 fully saturated rings. The van der Waals surface area contributed by atoms with Crippen LogP contribution in [0.4, 0.5) is 5.69 Å². The van der Waals surface area contributed by atoms with Gasteiger partial charge in [0, 0.05) is 12.6 Å². The average molecular weight is 476 g/mol. The molecule has 9 heteroatoms. The summed E-state index contributed by atoms with van der Waals surface area (Å²) in [5.74, 6) is -0.102. The monoisotopic (exact) mass is 475 g/mol. The average Bonchev–Trinajstić information content (AvgIpc) is 2.80. The minimum Gasteiger partial charge on any atom is -0.497 e. The van der Waals surface area contributed by atoms with Crippen molar-refractivity contribution in [2.45, 2.75) is 45.8 Å². The molecule has 2 rings (SSSR count). The number of nitrogens with zero attached hydrogens (tertiary/aromatic N) is 2. The maximum Gasteiger partial charge on any atom is 0.244 e. The summed E-state index contributed by atoms with van der Waals surface area (Å²) < 4.78 is 31.2. The molecule has 8 nitrogen and oxygen atoms in total. The largest absolute Gasteiger partial charge is 0.497 e. The van der Waals surface area contributed by atoms with Crippen LogP contribution in [-0.4, -0.2) is 57.1 Å². The molecule has 1 N–H and O–H groups in total. The van der Waals surface area contributed by atoms with Crippen molar-refractivity contribution in [2.75, 3.05) is 24.2 Å². The van der Waals surface area contributed by atoms with Crippen LogP contribution in [0.15, 0.2) is 54.6 Å². The van der Waals surface area contributed by atoms with Gasteiger partial charge in [0.05, 0.1) is 19.1 Å². The minimum absolute atomic E-state index is 0.0466. The van der Waals surface area contributed by atoms with Gasteiger partial charge in [-0.1, -0.05) is 37.3 Å². The fraction of sp³-hybridized carbons (Fsp3) is 0.417. The van der Waals surface area contributed by atoms with Crippen molar-refractivity contribution in [1.82, 2.24) is 10.2 Å². The van der Waals surface area contributed by atoms with Crippen molar-refractivity contribution in [3.8, 4) is 5.75 Å². The molecule has 2 aromatic rings. The predicted octanol–water partition coefficient (Wildman–Crippen LogP) is 2.79. The molecular formula is C24H33N3O5S. The van der Waals surface area contributed by atoms with Gasteiger partial charge in [-0.25, -0.2) is 8.42 Å². The lowest BCUT2D eigenvalue weighted by molar-refractivity contribution is -0.139. The van der Waals surface area contributed by atoms with Gasteiger partial charge in [-0.3, -0.25) is 13.9 Å². The summed E-state index contributed by atoms with van der Waals surface area (Å²) in [6.07, 6.45) is 1.81. The van der Waals surface area contributed by atoms with Crippen molar-refractivity contribution in [2.24, 2.45) is 0 Å². The number of benzene rings is 2. The molecule has 2 amide bonds. The van der Waals surface area contributed by atoms with E-state index in [9.17, 15) is 18.0 Å². The molecule has 0 aromatic heterocycles. The number of ether oxygens (including phenoxy) is 1. The van der Waals surface area contributed by atoms with Crippen LogP contribution in [0.3, 0.4) is 0 Å². The van der Waals surface area contributed by atoms with E-state index in [1.165, 1.54) is 4.90 Å². The summed E-state index contributed by atoms with van der Waals surface area (Å²) in [4.78, 5) is 27.7. The van der Waals surface area contributed by atoms with E-state index in [1.54, 1.807) is 56.5 Å². The van der Waals surface area contributed by atoms with E-state index in [0.29, 0.717) is 11.4 Å². The number of hydrogen-bond acceptors (Lipinski definition) is 5. The molecule has 0 saturated carbocycles. The van der Waals surface area contributed by atoms with Crippen molar-refractivity contribution < 1.29 is 22.7 Å². The molecule has 0 unspecified atom stereocenters. The first-order chi connectivity index (χ1) is 15.6. The number of sulfonamides is 1.